The van der Waals surface area contributed by atoms with Gasteiger partial charge in [0.2, 0.25) is 0 Å². The van der Waals surface area contributed by atoms with Gasteiger partial charge in [0.1, 0.15) is 0 Å². The topological polar surface area (TPSA) is 26.0 Å². The van der Waals surface area contributed by atoms with Gasteiger partial charge < -0.3 is 5.73 Å². The summed E-state index contributed by atoms with van der Waals surface area (Å²) >= 11 is 1.82. The second-order valence-corrected chi connectivity index (χ2v) is 2.67. The fourth-order valence-electron chi connectivity index (χ4n) is 0.372. The fraction of sp³-hybridized carbons (Fsp3) is 0.667. The van der Waals surface area contributed by atoms with Crippen LogP contribution in [0, 0.1) is 0 Å². The monoisotopic (exact) mass is 131 g/mol. The predicted molar refractivity (Wildman–Crippen MR) is 41.2 cm³/mol. The Hall–Kier alpha value is 0.0500. The van der Waals surface area contributed by atoms with Gasteiger partial charge >= 0.3 is 0 Å². The van der Waals surface area contributed by atoms with Crippen molar-refractivity contribution in [2.24, 2.45) is 5.73 Å². The van der Waals surface area contributed by atoms with E-state index in [1.165, 1.54) is 0 Å². The molecule has 0 amide bonds. The fourth-order valence-corrected chi connectivity index (χ4v) is 0.880. The lowest BCUT2D eigenvalue weighted by atomic mass is 10.2. The summed E-state index contributed by atoms with van der Waals surface area (Å²) in [4.78, 5) is 0. The minimum Gasteiger partial charge on any atom is -0.324 e. The van der Waals surface area contributed by atoms with E-state index in [0.29, 0.717) is 0 Å². The van der Waals surface area contributed by atoms with Crippen molar-refractivity contribution in [3.63, 3.8) is 0 Å². The van der Waals surface area contributed by atoms with Gasteiger partial charge in [0.05, 0.1) is 0 Å². The number of rotatable bonds is 4. The van der Waals surface area contributed by atoms with E-state index < -0.39 is 0 Å². The summed E-state index contributed by atoms with van der Waals surface area (Å²) < 4.78 is 0. The number of hydrogen-bond donors (Lipinski definition) is 1. The Morgan fingerprint density at radius 2 is 2.50 bits per heavy atom. The van der Waals surface area contributed by atoms with Crippen LogP contribution in [-0.4, -0.2) is 18.1 Å². The first kappa shape index (κ1) is 8.05. The Kier molecular flexibility index (Phi) is 5.22. The maximum Gasteiger partial charge on any atom is 0.0228 e. The summed E-state index contributed by atoms with van der Waals surface area (Å²) in [6.07, 6.45) is 4.91. The molecule has 0 aliphatic carbocycles. The molecule has 0 saturated carbocycles. The van der Waals surface area contributed by atoms with E-state index in [1.54, 1.807) is 6.08 Å². The average Bonchev–Trinajstić information content (AvgIpc) is 1.83. The molecule has 0 bridgehead atoms. The molecule has 48 valence electrons. The van der Waals surface area contributed by atoms with Crippen LogP contribution in [0.5, 0.6) is 0 Å². The van der Waals surface area contributed by atoms with Crippen LogP contribution in [0.2, 0.25) is 0 Å². The van der Waals surface area contributed by atoms with Gasteiger partial charge in [0.15, 0.2) is 0 Å². The Bertz CT molecular complexity index is 63.5. The highest BCUT2D eigenvalue weighted by atomic mass is 32.2. The molecule has 0 unspecified atom stereocenters. The van der Waals surface area contributed by atoms with E-state index in [1.807, 2.05) is 11.8 Å². The van der Waals surface area contributed by atoms with Crippen LogP contribution in [0.25, 0.3) is 0 Å². The zero-order valence-electron chi connectivity index (χ0n) is 5.26. The van der Waals surface area contributed by atoms with Crippen molar-refractivity contribution in [2.75, 3.05) is 12.0 Å². The lowest BCUT2D eigenvalue weighted by molar-refractivity contribution is 0.793. The molecule has 0 aliphatic heterocycles. The molecular formula is C6H13NS. The van der Waals surface area contributed by atoms with E-state index >= 15 is 0 Å². The summed E-state index contributed by atoms with van der Waals surface area (Å²) in [6, 6.07) is 0.197. The first-order valence-corrected chi connectivity index (χ1v) is 4.07. The molecule has 2 N–H and O–H groups in total. The van der Waals surface area contributed by atoms with Crippen molar-refractivity contribution in [1.82, 2.24) is 0 Å². The van der Waals surface area contributed by atoms with Crippen LogP contribution in [0.15, 0.2) is 12.7 Å². The molecule has 8 heavy (non-hydrogen) atoms. The molecule has 1 nitrogen and oxygen atoms in total. The normalized spacial score (nSPS) is 13.2. The number of thioether (sulfide) groups is 1. The maximum atomic E-state index is 5.53. The summed E-state index contributed by atoms with van der Waals surface area (Å²) in [5, 5.41) is 0. The van der Waals surface area contributed by atoms with Crippen molar-refractivity contribution in [2.45, 2.75) is 12.5 Å². The molecule has 0 saturated heterocycles. The Morgan fingerprint density at radius 3 is 2.88 bits per heavy atom. The van der Waals surface area contributed by atoms with Crippen LogP contribution < -0.4 is 5.73 Å². The Balaban J connectivity index is 2.98. The minimum atomic E-state index is 0.197. The zero-order valence-corrected chi connectivity index (χ0v) is 6.08. The van der Waals surface area contributed by atoms with E-state index in [2.05, 4.69) is 12.8 Å². The molecule has 0 heterocycles. The average molecular weight is 131 g/mol. The smallest absolute Gasteiger partial charge is 0.0228 e. The largest absolute Gasteiger partial charge is 0.324 e. The third kappa shape index (κ3) is 4.22. The van der Waals surface area contributed by atoms with Gasteiger partial charge in [-0.1, -0.05) is 6.08 Å². The first-order valence-electron chi connectivity index (χ1n) is 2.68. The number of nitrogens with two attached hydrogens (primary N) is 1. The molecule has 1 atom stereocenters. The van der Waals surface area contributed by atoms with Gasteiger partial charge in [-0.25, -0.2) is 0 Å². The van der Waals surface area contributed by atoms with Gasteiger partial charge in [-0.05, 0) is 18.4 Å². The van der Waals surface area contributed by atoms with Crippen LogP contribution in [0.4, 0.5) is 0 Å². The maximum absolute atomic E-state index is 5.53. The van der Waals surface area contributed by atoms with E-state index in [4.69, 9.17) is 5.73 Å². The van der Waals surface area contributed by atoms with Gasteiger partial charge in [0.25, 0.3) is 0 Å². The quantitative estimate of drug-likeness (QED) is 0.581. The molecule has 0 rings (SSSR count). The van der Waals surface area contributed by atoms with Crippen LogP contribution in [-0.2, 0) is 0 Å². The summed E-state index contributed by atoms with van der Waals surface area (Å²) in [7, 11) is 0. The van der Waals surface area contributed by atoms with E-state index in [9.17, 15) is 0 Å². The van der Waals surface area contributed by atoms with Crippen LogP contribution >= 0.6 is 11.8 Å². The minimum absolute atomic E-state index is 0.197. The van der Waals surface area contributed by atoms with Crippen molar-refractivity contribution in [3.8, 4) is 0 Å². The molecule has 0 aromatic rings. The molecule has 0 aromatic carbocycles. The summed E-state index contributed by atoms with van der Waals surface area (Å²) in [5.41, 5.74) is 5.53. The Morgan fingerprint density at radius 1 is 1.88 bits per heavy atom. The molecule has 0 spiro atoms. The lowest BCUT2D eigenvalue weighted by Gasteiger charge is -2.01. The van der Waals surface area contributed by atoms with E-state index in [0.717, 1.165) is 12.2 Å². The lowest BCUT2D eigenvalue weighted by Crippen LogP contribution is -2.16. The van der Waals surface area contributed by atoms with Crippen LogP contribution in [0.1, 0.15) is 6.42 Å². The molecular weight excluding hydrogens is 118 g/mol. The van der Waals surface area contributed by atoms with Crippen LogP contribution in [0.3, 0.4) is 0 Å². The number of hydrogen-bond acceptors (Lipinski definition) is 2. The third-order valence-corrected chi connectivity index (χ3v) is 1.60. The molecule has 2 heteroatoms. The second-order valence-electron chi connectivity index (χ2n) is 1.68. The SMILES string of the molecule is C=C[C@@H](N)CCSC. The van der Waals surface area contributed by atoms with Gasteiger partial charge in [-0.3, -0.25) is 0 Å². The zero-order chi connectivity index (χ0) is 6.41. The second kappa shape index (κ2) is 5.19. The van der Waals surface area contributed by atoms with Crippen molar-refractivity contribution >= 4 is 11.8 Å². The summed E-state index contributed by atoms with van der Waals surface area (Å²) in [6.45, 7) is 3.58. The molecule has 0 aliphatic rings. The van der Waals surface area contributed by atoms with Crippen molar-refractivity contribution < 1.29 is 0 Å². The standard InChI is InChI=1S/C6H13NS/c1-3-6(7)4-5-8-2/h3,6H,1,4-5,7H2,2H3/t6-/m1/s1. The van der Waals surface area contributed by atoms with Gasteiger partial charge in [0, 0.05) is 6.04 Å². The molecule has 0 fully saturated rings. The molecule has 0 aromatic heterocycles. The van der Waals surface area contributed by atoms with Gasteiger partial charge in [-0.2, -0.15) is 11.8 Å². The highest BCUT2D eigenvalue weighted by molar-refractivity contribution is 7.98. The highest BCUT2D eigenvalue weighted by Gasteiger charge is 1.92. The van der Waals surface area contributed by atoms with E-state index in [-0.39, 0.29) is 6.04 Å². The summed E-state index contributed by atoms with van der Waals surface area (Å²) in [5.74, 6) is 1.13. The van der Waals surface area contributed by atoms with Crippen molar-refractivity contribution in [3.05, 3.63) is 12.7 Å². The third-order valence-electron chi connectivity index (χ3n) is 0.958. The predicted octanol–water partition coefficient (Wildman–Crippen LogP) is 1.25. The van der Waals surface area contributed by atoms with Gasteiger partial charge in [-0.15, -0.1) is 6.58 Å². The molecule has 0 radical (unpaired) electrons. The first-order chi connectivity index (χ1) is 3.81. The van der Waals surface area contributed by atoms with Crippen molar-refractivity contribution in [1.29, 1.82) is 0 Å². The highest BCUT2D eigenvalue weighted by Crippen LogP contribution is 1.97. The Labute approximate surface area is 55.3 Å².